The van der Waals surface area contributed by atoms with Crippen LogP contribution >= 0.6 is 0 Å². The van der Waals surface area contributed by atoms with Crippen molar-refractivity contribution in [2.24, 2.45) is 11.8 Å². The number of H-pyrrole nitrogens is 1. The van der Waals surface area contributed by atoms with Gasteiger partial charge >= 0.3 is 6.09 Å². The molecule has 0 spiro atoms. The molecule has 1 atom stereocenters. The lowest BCUT2D eigenvalue weighted by molar-refractivity contribution is -0.130. The van der Waals surface area contributed by atoms with Gasteiger partial charge in [0.15, 0.2) is 0 Å². The highest BCUT2D eigenvalue weighted by Crippen LogP contribution is 2.29. The number of nitrogens with zero attached hydrogens (tertiary/aromatic N) is 4. The molecule has 1 aliphatic carbocycles. The van der Waals surface area contributed by atoms with Crippen LogP contribution in [-0.4, -0.2) is 107 Å². The van der Waals surface area contributed by atoms with E-state index >= 15 is 0 Å². The Bertz CT molecular complexity index is 1950. The molecule has 0 unspecified atom stereocenters. The Kier molecular flexibility index (Phi) is 14.0. The molecule has 1 saturated carbocycles. The number of benzene rings is 3. The lowest BCUT2D eigenvalue weighted by Crippen LogP contribution is -2.48. The molecule has 2 aliphatic rings. The van der Waals surface area contributed by atoms with Gasteiger partial charge in [-0.3, -0.25) is 19.3 Å². The van der Waals surface area contributed by atoms with E-state index in [1.807, 2.05) is 63.2 Å². The van der Waals surface area contributed by atoms with Crippen molar-refractivity contribution in [1.82, 2.24) is 41.5 Å². The SMILES string of the molecule is CC(C)(C)OC(=O)NCC1CCC(C(=O)N[C@@H](Cc2cccc(-c3cccc(C(=O)NCCN4CCOCC4)c3)c2)C(=O)Nc2ccc(-c3nn[nH]n3)cc2)CC1. The van der Waals surface area contributed by atoms with Crippen molar-refractivity contribution >= 4 is 29.5 Å². The first kappa shape index (κ1) is 41.0. The van der Waals surface area contributed by atoms with Crippen molar-refractivity contribution in [2.45, 2.75) is 64.5 Å². The number of hydrogen-bond donors (Lipinski definition) is 5. The second-order valence-electron chi connectivity index (χ2n) is 15.7. The minimum Gasteiger partial charge on any atom is -0.444 e. The predicted octanol–water partition coefficient (Wildman–Crippen LogP) is 4.59. The first-order valence-electron chi connectivity index (χ1n) is 19.7. The molecular weight excluding hydrogens is 727 g/mol. The van der Waals surface area contributed by atoms with Gasteiger partial charge in [0.1, 0.15) is 11.6 Å². The molecule has 4 aromatic rings. The Morgan fingerprint density at radius 3 is 2.32 bits per heavy atom. The summed E-state index contributed by atoms with van der Waals surface area (Å²) in [5, 5.41) is 26.0. The summed E-state index contributed by atoms with van der Waals surface area (Å²) in [6.45, 7) is 10.4. The lowest BCUT2D eigenvalue weighted by atomic mass is 9.81. The molecule has 0 bridgehead atoms. The van der Waals surface area contributed by atoms with Crippen LogP contribution in [0.5, 0.6) is 0 Å². The van der Waals surface area contributed by atoms with Gasteiger partial charge in [-0.05, 0) is 111 Å². The minimum absolute atomic E-state index is 0.139. The zero-order chi connectivity index (χ0) is 40.2. The highest BCUT2D eigenvalue weighted by atomic mass is 16.6. The number of ether oxygens (including phenoxy) is 2. The average molecular weight is 780 g/mol. The number of hydrogen-bond acceptors (Lipinski definition) is 10. The quantitative estimate of drug-likeness (QED) is 0.121. The number of nitrogens with one attached hydrogen (secondary N) is 5. The second kappa shape index (κ2) is 19.5. The standard InChI is InChI=1S/C42H53N9O6/c1-42(2,3)57-41(55)44-27-28-10-12-31(13-11-28)39(53)46-36(40(54)45-35-16-14-30(15-17-35)37-47-49-50-48-37)25-29-6-4-7-32(24-29)33-8-5-9-34(26-33)38(52)43-18-19-51-20-22-56-23-21-51/h4-9,14-17,24,26,28,31,36H,10-13,18-23,25,27H2,1-3H3,(H,43,52)(H,44,55)(H,45,54)(H,46,53)(H,47,48,49,50)/t28?,31?,36-/m0/s1. The van der Waals surface area contributed by atoms with E-state index in [1.165, 1.54) is 0 Å². The first-order valence-corrected chi connectivity index (χ1v) is 19.7. The van der Waals surface area contributed by atoms with Crippen molar-refractivity contribution in [1.29, 1.82) is 0 Å². The number of morpholine rings is 1. The fourth-order valence-corrected chi connectivity index (χ4v) is 7.09. The average Bonchev–Trinajstić information content (AvgIpc) is 3.76. The largest absolute Gasteiger partial charge is 0.444 e. The maximum atomic E-state index is 13.9. The van der Waals surface area contributed by atoms with E-state index in [9.17, 15) is 19.2 Å². The summed E-state index contributed by atoms with van der Waals surface area (Å²) in [6, 6.07) is 21.5. The molecule has 1 saturated heterocycles. The molecule has 57 heavy (non-hydrogen) atoms. The molecule has 3 aromatic carbocycles. The molecule has 302 valence electrons. The number of anilines is 1. The van der Waals surface area contributed by atoms with Crippen LogP contribution in [0.2, 0.25) is 0 Å². The van der Waals surface area contributed by atoms with E-state index in [1.54, 1.807) is 30.3 Å². The lowest BCUT2D eigenvalue weighted by Gasteiger charge is -2.29. The summed E-state index contributed by atoms with van der Waals surface area (Å²) in [4.78, 5) is 55.2. The van der Waals surface area contributed by atoms with Gasteiger partial charge in [-0.25, -0.2) is 4.79 Å². The molecule has 2 fully saturated rings. The Hall–Kier alpha value is -5.67. The molecular formula is C42H53N9O6. The summed E-state index contributed by atoms with van der Waals surface area (Å²) in [6.07, 6.45) is 2.62. The van der Waals surface area contributed by atoms with Gasteiger partial charge in [-0.2, -0.15) is 5.21 Å². The summed E-state index contributed by atoms with van der Waals surface area (Å²) in [7, 11) is 0. The van der Waals surface area contributed by atoms with Crippen LogP contribution in [0.3, 0.4) is 0 Å². The van der Waals surface area contributed by atoms with Crippen molar-refractivity contribution in [3.8, 4) is 22.5 Å². The van der Waals surface area contributed by atoms with E-state index in [0.717, 1.165) is 54.7 Å². The molecule has 2 heterocycles. The van der Waals surface area contributed by atoms with Gasteiger partial charge in [0, 0.05) is 61.9 Å². The topological polar surface area (TPSA) is 193 Å². The smallest absolute Gasteiger partial charge is 0.407 e. The second-order valence-corrected chi connectivity index (χ2v) is 15.7. The number of aromatic amines is 1. The van der Waals surface area contributed by atoms with Crippen molar-refractivity contribution < 1.29 is 28.7 Å². The van der Waals surface area contributed by atoms with Gasteiger partial charge in [-0.15, -0.1) is 10.2 Å². The Morgan fingerprint density at radius 1 is 0.895 bits per heavy atom. The van der Waals surface area contributed by atoms with Crippen LogP contribution in [0.25, 0.3) is 22.5 Å². The number of alkyl carbamates (subject to hydrolysis) is 1. The van der Waals surface area contributed by atoms with Gasteiger partial charge in [0.2, 0.25) is 17.6 Å². The first-order chi connectivity index (χ1) is 27.5. The molecule has 0 radical (unpaired) electrons. The van der Waals surface area contributed by atoms with E-state index in [-0.39, 0.29) is 36.0 Å². The van der Waals surface area contributed by atoms with Crippen LogP contribution in [0, 0.1) is 11.8 Å². The van der Waals surface area contributed by atoms with Gasteiger partial charge in [0.25, 0.3) is 5.91 Å². The van der Waals surface area contributed by atoms with Crippen LogP contribution < -0.4 is 21.3 Å². The molecule has 15 heteroatoms. The zero-order valence-corrected chi connectivity index (χ0v) is 32.9. The number of carbonyl (C=O) groups excluding carboxylic acids is 4. The van der Waals surface area contributed by atoms with Gasteiger partial charge in [-0.1, -0.05) is 36.4 Å². The van der Waals surface area contributed by atoms with Crippen molar-refractivity contribution in [2.75, 3.05) is 51.3 Å². The van der Waals surface area contributed by atoms with Crippen LogP contribution in [0.1, 0.15) is 62.4 Å². The number of carbonyl (C=O) groups is 4. The monoisotopic (exact) mass is 779 g/mol. The van der Waals surface area contributed by atoms with Gasteiger partial charge < -0.3 is 30.7 Å². The number of rotatable bonds is 14. The molecule has 15 nitrogen and oxygen atoms in total. The predicted molar refractivity (Wildman–Crippen MR) is 215 cm³/mol. The number of aromatic nitrogens is 4. The summed E-state index contributed by atoms with van der Waals surface area (Å²) in [5.74, 6) is -0.265. The molecule has 6 rings (SSSR count). The van der Waals surface area contributed by atoms with Crippen molar-refractivity contribution in [3.05, 3.63) is 83.9 Å². The summed E-state index contributed by atoms with van der Waals surface area (Å²) in [5.41, 5.74) is 3.87. The third-order valence-electron chi connectivity index (χ3n) is 10.2. The normalized spacial score (nSPS) is 17.9. The highest BCUT2D eigenvalue weighted by molar-refractivity contribution is 5.98. The van der Waals surface area contributed by atoms with Gasteiger partial charge in [0.05, 0.1) is 13.2 Å². The fraction of sp³-hybridized carbons (Fsp3) is 0.452. The Morgan fingerprint density at radius 2 is 1.61 bits per heavy atom. The third kappa shape index (κ3) is 12.4. The number of tetrazole rings is 1. The highest BCUT2D eigenvalue weighted by Gasteiger charge is 2.30. The van der Waals surface area contributed by atoms with E-state index < -0.39 is 17.7 Å². The summed E-state index contributed by atoms with van der Waals surface area (Å²) < 4.78 is 10.8. The number of amides is 4. The zero-order valence-electron chi connectivity index (χ0n) is 32.9. The van der Waals surface area contributed by atoms with Crippen molar-refractivity contribution in [3.63, 3.8) is 0 Å². The van der Waals surface area contributed by atoms with Crippen LogP contribution in [0.15, 0.2) is 72.8 Å². The minimum atomic E-state index is -0.875. The van der Waals surface area contributed by atoms with E-state index in [0.29, 0.717) is 56.2 Å². The molecule has 4 amide bonds. The molecule has 1 aromatic heterocycles. The Labute approximate surface area is 333 Å². The maximum absolute atomic E-state index is 13.9. The molecule has 5 N–H and O–H groups in total. The molecule has 1 aliphatic heterocycles. The van der Waals surface area contributed by atoms with Crippen LogP contribution in [0.4, 0.5) is 10.5 Å². The fourth-order valence-electron chi connectivity index (χ4n) is 7.09. The van der Waals surface area contributed by atoms with E-state index in [2.05, 4.69) is 46.8 Å². The maximum Gasteiger partial charge on any atom is 0.407 e. The summed E-state index contributed by atoms with van der Waals surface area (Å²) >= 11 is 0. The van der Waals surface area contributed by atoms with Crippen LogP contribution in [-0.2, 0) is 25.5 Å². The third-order valence-corrected chi connectivity index (χ3v) is 10.2. The van der Waals surface area contributed by atoms with E-state index in [4.69, 9.17) is 9.47 Å². The Balaban J connectivity index is 1.11.